The van der Waals surface area contributed by atoms with Crippen molar-refractivity contribution in [3.05, 3.63) is 59.7 Å². The second kappa shape index (κ2) is 6.66. The standard InChI is InChI=1S/C17H18O3/c1-19-16-12-17(20-2)15(18)11-14(16)10-6-9-13-7-4-3-5-8-13/h3-9,11-12,18H,10H2,1-2H3. The second-order valence-electron chi connectivity index (χ2n) is 4.35. The summed E-state index contributed by atoms with van der Waals surface area (Å²) >= 11 is 0. The second-order valence-corrected chi connectivity index (χ2v) is 4.35. The molecule has 104 valence electrons. The van der Waals surface area contributed by atoms with Gasteiger partial charge in [-0.2, -0.15) is 0 Å². The van der Waals surface area contributed by atoms with Crippen LogP contribution in [0.1, 0.15) is 11.1 Å². The first-order valence-electron chi connectivity index (χ1n) is 6.40. The van der Waals surface area contributed by atoms with Crippen LogP contribution in [0.2, 0.25) is 0 Å². The van der Waals surface area contributed by atoms with E-state index in [2.05, 4.69) is 0 Å². The first-order valence-corrected chi connectivity index (χ1v) is 6.40. The lowest BCUT2D eigenvalue weighted by Gasteiger charge is -2.10. The van der Waals surface area contributed by atoms with Crippen LogP contribution < -0.4 is 9.47 Å². The van der Waals surface area contributed by atoms with Gasteiger partial charge in [-0.3, -0.25) is 0 Å². The number of hydrogen-bond donors (Lipinski definition) is 1. The van der Waals surface area contributed by atoms with E-state index in [0.29, 0.717) is 17.9 Å². The molecule has 0 fully saturated rings. The summed E-state index contributed by atoms with van der Waals surface area (Å²) in [6.07, 6.45) is 4.76. The van der Waals surface area contributed by atoms with Crippen molar-refractivity contribution in [2.75, 3.05) is 14.2 Å². The lowest BCUT2D eigenvalue weighted by molar-refractivity contribution is 0.362. The summed E-state index contributed by atoms with van der Waals surface area (Å²) < 4.78 is 10.4. The van der Waals surface area contributed by atoms with Crippen molar-refractivity contribution in [2.24, 2.45) is 0 Å². The zero-order chi connectivity index (χ0) is 14.4. The fourth-order valence-electron chi connectivity index (χ4n) is 1.99. The van der Waals surface area contributed by atoms with E-state index >= 15 is 0 Å². The van der Waals surface area contributed by atoms with Gasteiger partial charge in [-0.05, 0) is 18.1 Å². The smallest absolute Gasteiger partial charge is 0.164 e. The van der Waals surface area contributed by atoms with Crippen LogP contribution in [0, 0.1) is 0 Å². The van der Waals surface area contributed by atoms with Crippen LogP contribution >= 0.6 is 0 Å². The highest BCUT2D eigenvalue weighted by Gasteiger charge is 2.09. The van der Waals surface area contributed by atoms with E-state index in [1.807, 2.05) is 42.5 Å². The minimum atomic E-state index is 0.122. The summed E-state index contributed by atoms with van der Waals surface area (Å²) in [6.45, 7) is 0. The largest absolute Gasteiger partial charge is 0.504 e. The van der Waals surface area contributed by atoms with Crippen LogP contribution in [-0.4, -0.2) is 19.3 Å². The number of aromatic hydroxyl groups is 1. The van der Waals surface area contributed by atoms with Crippen molar-refractivity contribution in [1.82, 2.24) is 0 Å². The van der Waals surface area contributed by atoms with Crippen LogP contribution in [0.15, 0.2) is 48.5 Å². The Morgan fingerprint density at radius 2 is 1.70 bits per heavy atom. The Labute approximate surface area is 119 Å². The van der Waals surface area contributed by atoms with Gasteiger partial charge in [-0.1, -0.05) is 42.5 Å². The number of phenolic OH excluding ortho intramolecular Hbond substituents is 1. The molecular weight excluding hydrogens is 252 g/mol. The van der Waals surface area contributed by atoms with Gasteiger partial charge >= 0.3 is 0 Å². The highest BCUT2D eigenvalue weighted by Crippen LogP contribution is 2.34. The maximum atomic E-state index is 9.82. The quantitative estimate of drug-likeness (QED) is 0.901. The van der Waals surface area contributed by atoms with Gasteiger partial charge in [-0.25, -0.2) is 0 Å². The van der Waals surface area contributed by atoms with Gasteiger partial charge < -0.3 is 14.6 Å². The van der Waals surface area contributed by atoms with Gasteiger partial charge in [0.05, 0.1) is 14.2 Å². The van der Waals surface area contributed by atoms with Crippen LogP contribution in [0.25, 0.3) is 6.08 Å². The third kappa shape index (κ3) is 3.32. The number of methoxy groups -OCH3 is 2. The molecule has 0 bridgehead atoms. The minimum Gasteiger partial charge on any atom is -0.504 e. The molecule has 20 heavy (non-hydrogen) atoms. The molecule has 2 aromatic rings. The molecule has 0 aliphatic carbocycles. The molecule has 3 nitrogen and oxygen atoms in total. The number of benzene rings is 2. The average Bonchev–Trinajstić information content (AvgIpc) is 2.48. The Bertz CT molecular complexity index is 589. The zero-order valence-electron chi connectivity index (χ0n) is 11.7. The topological polar surface area (TPSA) is 38.7 Å². The molecule has 0 aromatic heterocycles. The van der Waals surface area contributed by atoms with Gasteiger partial charge in [0.25, 0.3) is 0 Å². The minimum absolute atomic E-state index is 0.122. The van der Waals surface area contributed by atoms with E-state index in [0.717, 1.165) is 11.1 Å². The molecule has 0 unspecified atom stereocenters. The zero-order valence-corrected chi connectivity index (χ0v) is 11.7. The number of ether oxygens (including phenoxy) is 2. The van der Waals surface area contributed by atoms with Gasteiger partial charge in [0.2, 0.25) is 0 Å². The highest BCUT2D eigenvalue weighted by molar-refractivity contribution is 5.53. The molecular formula is C17H18O3. The Hall–Kier alpha value is -2.42. The number of rotatable bonds is 5. The average molecular weight is 270 g/mol. The molecule has 1 N–H and O–H groups in total. The van der Waals surface area contributed by atoms with Crippen molar-refractivity contribution in [3.8, 4) is 17.2 Å². The lowest BCUT2D eigenvalue weighted by Crippen LogP contribution is -1.93. The number of allylic oxidation sites excluding steroid dienone is 1. The maximum Gasteiger partial charge on any atom is 0.164 e. The van der Waals surface area contributed by atoms with E-state index in [-0.39, 0.29) is 5.75 Å². The van der Waals surface area contributed by atoms with Crippen LogP contribution in [-0.2, 0) is 6.42 Å². The molecule has 3 heteroatoms. The Morgan fingerprint density at radius 3 is 2.35 bits per heavy atom. The Morgan fingerprint density at radius 1 is 1.00 bits per heavy atom. The summed E-state index contributed by atoms with van der Waals surface area (Å²) in [7, 11) is 3.12. The Kier molecular flexibility index (Phi) is 4.66. The van der Waals surface area contributed by atoms with Crippen LogP contribution in [0.5, 0.6) is 17.2 Å². The third-order valence-corrected chi connectivity index (χ3v) is 3.03. The maximum absolute atomic E-state index is 9.82. The normalized spacial score (nSPS) is 10.7. The van der Waals surface area contributed by atoms with Crippen LogP contribution in [0.4, 0.5) is 0 Å². The summed E-state index contributed by atoms with van der Waals surface area (Å²) in [5.41, 5.74) is 2.06. The van der Waals surface area contributed by atoms with Gasteiger partial charge in [-0.15, -0.1) is 0 Å². The number of phenols is 1. The van der Waals surface area contributed by atoms with Crippen molar-refractivity contribution < 1.29 is 14.6 Å². The fraction of sp³-hybridized carbons (Fsp3) is 0.176. The van der Waals surface area contributed by atoms with E-state index in [1.165, 1.54) is 7.11 Å². The molecule has 0 heterocycles. The predicted molar refractivity (Wildman–Crippen MR) is 80.4 cm³/mol. The summed E-state index contributed by atoms with van der Waals surface area (Å²) in [5, 5.41) is 9.82. The van der Waals surface area contributed by atoms with Crippen molar-refractivity contribution in [1.29, 1.82) is 0 Å². The van der Waals surface area contributed by atoms with Crippen molar-refractivity contribution >= 4 is 6.08 Å². The summed E-state index contributed by atoms with van der Waals surface area (Å²) in [4.78, 5) is 0. The molecule has 0 atom stereocenters. The highest BCUT2D eigenvalue weighted by atomic mass is 16.5. The molecule has 2 aromatic carbocycles. The molecule has 0 saturated carbocycles. The van der Waals surface area contributed by atoms with Crippen molar-refractivity contribution in [2.45, 2.75) is 6.42 Å². The van der Waals surface area contributed by atoms with Gasteiger partial charge in [0.15, 0.2) is 11.5 Å². The molecule has 0 aliphatic heterocycles. The fourth-order valence-corrected chi connectivity index (χ4v) is 1.99. The predicted octanol–water partition coefficient (Wildman–Crippen LogP) is 3.67. The molecule has 0 saturated heterocycles. The SMILES string of the molecule is COc1cc(OC)c(CC=Cc2ccccc2)cc1O. The van der Waals surface area contributed by atoms with E-state index in [9.17, 15) is 5.11 Å². The van der Waals surface area contributed by atoms with E-state index in [4.69, 9.17) is 9.47 Å². The first-order chi connectivity index (χ1) is 9.74. The molecule has 0 spiro atoms. The third-order valence-electron chi connectivity index (χ3n) is 3.03. The van der Waals surface area contributed by atoms with Gasteiger partial charge in [0.1, 0.15) is 5.75 Å². The molecule has 0 amide bonds. The van der Waals surface area contributed by atoms with Gasteiger partial charge in [0, 0.05) is 11.6 Å². The lowest BCUT2D eigenvalue weighted by atomic mass is 10.1. The Balaban J connectivity index is 2.17. The van der Waals surface area contributed by atoms with E-state index in [1.54, 1.807) is 19.2 Å². The summed E-state index contributed by atoms with van der Waals surface area (Å²) in [5.74, 6) is 1.24. The monoisotopic (exact) mass is 270 g/mol. The van der Waals surface area contributed by atoms with Crippen LogP contribution in [0.3, 0.4) is 0 Å². The molecule has 2 rings (SSSR count). The molecule has 0 radical (unpaired) electrons. The molecule has 0 aliphatic rings. The number of hydrogen-bond acceptors (Lipinski definition) is 3. The van der Waals surface area contributed by atoms with E-state index < -0.39 is 0 Å². The first kappa shape index (κ1) is 14.0. The van der Waals surface area contributed by atoms with Crippen molar-refractivity contribution in [3.63, 3.8) is 0 Å². The summed E-state index contributed by atoms with van der Waals surface area (Å²) in [6, 6.07) is 13.4.